The van der Waals surface area contributed by atoms with Gasteiger partial charge in [0.05, 0.1) is 12.0 Å². The molecule has 0 radical (unpaired) electrons. The predicted molar refractivity (Wildman–Crippen MR) is 151 cm³/mol. The van der Waals surface area contributed by atoms with Gasteiger partial charge < -0.3 is 10.1 Å². The number of nitrogens with one attached hydrogen (secondary N) is 1. The predicted octanol–water partition coefficient (Wildman–Crippen LogP) is 8.58. The van der Waals surface area contributed by atoms with Gasteiger partial charge in [-0.15, -0.1) is 22.7 Å². The normalized spacial score (nSPS) is 11.3. The number of hydrogen-bond donors (Lipinski definition) is 1. The molecular weight excluding hydrogens is 505 g/mol. The molecule has 0 fully saturated rings. The topological polar surface area (TPSA) is 64.1 Å². The molecule has 0 spiro atoms. The molecule has 0 atom stereocenters. The van der Waals surface area contributed by atoms with Crippen molar-refractivity contribution in [1.82, 2.24) is 9.97 Å². The number of ether oxygens (including phenoxy) is 1. The quantitative estimate of drug-likeness (QED) is 0.213. The number of aryl methyl sites for hydroxylation is 1. The van der Waals surface area contributed by atoms with Crippen LogP contribution < -0.4 is 5.32 Å². The molecule has 5 rings (SSSR count). The summed E-state index contributed by atoms with van der Waals surface area (Å²) in [4.78, 5) is 24.0. The Morgan fingerprint density at radius 1 is 1.05 bits per heavy atom. The van der Waals surface area contributed by atoms with Crippen LogP contribution in [0.5, 0.6) is 0 Å². The Morgan fingerprint density at radius 3 is 2.43 bits per heavy atom. The number of nitrogens with zero attached hydrogens (tertiary/aromatic N) is 2. The van der Waals surface area contributed by atoms with Crippen molar-refractivity contribution >= 4 is 49.7 Å². The lowest BCUT2D eigenvalue weighted by molar-refractivity contribution is 0.0529. The van der Waals surface area contributed by atoms with Gasteiger partial charge in [-0.1, -0.05) is 50.2 Å². The average molecular weight is 532 g/mol. The third-order valence-electron chi connectivity index (χ3n) is 6.19. The van der Waals surface area contributed by atoms with Gasteiger partial charge in [0.25, 0.3) is 0 Å². The Balaban J connectivity index is 1.62. The van der Waals surface area contributed by atoms with E-state index in [0.717, 1.165) is 37.3 Å². The van der Waals surface area contributed by atoms with Crippen LogP contribution in [0.3, 0.4) is 0 Å². The first-order chi connectivity index (χ1) is 17.9. The Kier molecular flexibility index (Phi) is 7.04. The molecule has 8 heteroatoms. The lowest BCUT2D eigenvalue weighted by atomic mass is 9.99. The van der Waals surface area contributed by atoms with Gasteiger partial charge in [-0.05, 0) is 48.6 Å². The van der Waals surface area contributed by atoms with Crippen molar-refractivity contribution in [2.45, 2.75) is 33.6 Å². The maximum absolute atomic E-state index is 13.6. The van der Waals surface area contributed by atoms with Gasteiger partial charge in [-0.3, -0.25) is 0 Å². The van der Waals surface area contributed by atoms with Crippen molar-refractivity contribution in [1.29, 1.82) is 0 Å². The summed E-state index contributed by atoms with van der Waals surface area (Å²) in [6.07, 6.45) is 1.53. The minimum atomic E-state index is -0.436. The molecular formula is C29H26FN3O2S2. The van der Waals surface area contributed by atoms with Gasteiger partial charge in [-0.25, -0.2) is 19.2 Å². The van der Waals surface area contributed by atoms with Crippen LogP contribution in [0.25, 0.3) is 32.5 Å². The summed E-state index contributed by atoms with van der Waals surface area (Å²) < 4.78 is 19.0. The van der Waals surface area contributed by atoms with E-state index in [1.54, 1.807) is 30.4 Å². The molecule has 0 amide bonds. The highest BCUT2D eigenvalue weighted by Gasteiger charge is 2.26. The molecule has 0 saturated carbocycles. The number of thiophene rings is 2. The molecule has 5 aromatic rings. The van der Waals surface area contributed by atoms with Crippen molar-refractivity contribution in [3.63, 3.8) is 0 Å². The van der Waals surface area contributed by atoms with E-state index in [1.807, 2.05) is 6.92 Å². The third-order valence-corrected chi connectivity index (χ3v) is 8.09. The van der Waals surface area contributed by atoms with Crippen molar-refractivity contribution in [2.24, 2.45) is 0 Å². The van der Waals surface area contributed by atoms with Crippen LogP contribution in [0.15, 0.2) is 60.2 Å². The fourth-order valence-electron chi connectivity index (χ4n) is 4.33. The van der Waals surface area contributed by atoms with Crippen LogP contribution in [0.2, 0.25) is 0 Å². The van der Waals surface area contributed by atoms with Crippen molar-refractivity contribution in [3.8, 4) is 22.3 Å². The van der Waals surface area contributed by atoms with Gasteiger partial charge in [0, 0.05) is 21.4 Å². The van der Waals surface area contributed by atoms with E-state index in [2.05, 4.69) is 58.8 Å². The number of aromatic nitrogens is 2. The average Bonchev–Trinajstić information content (AvgIpc) is 3.46. The van der Waals surface area contributed by atoms with E-state index >= 15 is 0 Å². The number of benzene rings is 2. The van der Waals surface area contributed by atoms with Crippen LogP contribution >= 0.6 is 22.7 Å². The molecule has 0 unspecified atom stereocenters. The van der Waals surface area contributed by atoms with Gasteiger partial charge in [0.15, 0.2) is 0 Å². The third kappa shape index (κ3) is 4.86. The van der Waals surface area contributed by atoms with Crippen molar-refractivity contribution in [3.05, 3.63) is 82.1 Å². The minimum Gasteiger partial charge on any atom is -0.462 e. The summed E-state index contributed by atoms with van der Waals surface area (Å²) in [5, 5.41) is 7.03. The minimum absolute atomic E-state index is 0.245. The van der Waals surface area contributed by atoms with Gasteiger partial charge >= 0.3 is 5.97 Å². The Morgan fingerprint density at radius 2 is 1.76 bits per heavy atom. The summed E-state index contributed by atoms with van der Waals surface area (Å²) in [5.41, 5.74) is 5.28. The standard InChI is InChI=1S/C29H26FN3O2S2/c1-5-35-29(34)25-23(20-10-12-21(30)13-11-20)17(4)37-28(25)33-26-24-22(14-36-27(24)32-15-31-26)19-8-6-18(7-9-19)16(2)3/h6-16H,5H2,1-4H3,(H,31,32,33). The first-order valence-electron chi connectivity index (χ1n) is 12.0. The smallest absolute Gasteiger partial charge is 0.341 e. The summed E-state index contributed by atoms with van der Waals surface area (Å²) >= 11 is 3.00. The first kappa shape index (κ1) is 25.0. The summed E-state index contributed by atoms with van der Waals surface area (Å²) in [6, 6.07) is 14.7. The lowest BCUT2D eigenvalue weighted by Crippen LogP contribution is -2.08. The summed E-state index contributed by atoms with van der Waals surface area (Å²) in [6.45, 7) is 8.32. The molecule has 0 aliphatic carbocycles. The number of rotatable bonds is 7. The zero-order valence-corrected chi connectivity index (χ0v) is 22.6. The molecule has 5 nitrogen and oxygen atoms in total. The zero-order chi connectivity index (χ0) is 26.1. The van der Waals surface area contributed by atoms with Crippen LogP contribution in [-0.2, 0) is 4.74 Å². The number of carbonyl (C=O) groups excluding carboxylic acids is 1. The Bertz CT molecular complexity index is 1570. The van der Waals surface area contributed by atoms with Crippen molar-refractivity contribution in [2.75, 3.05) is 11.9 Å². The summed E-state index contributed by atoms with van der Waals surface area (Å²) in [7, 11) is 0. The second kappa shape index (κ2) is 10.4. The SMILES string of the molecule is CCOC(=O)c1c(Nc2ncnc3scc(-c4ccc(C(C)C)cc4)c23)sc(C)c1-c1ccc(F)cc1. The Hall–Kier alpha value is -3.62. The molecule has 188 valence electrons. The van der Waals surface area contributed by atoms with E-state index in [9.17, 15) is 9.18 Å². The number of esters is 1. The molecule has 37 heavy (non-hydrogen) atoms. The highest BCUT2D eigenvalue weighted by Crippen LogP contribution is 2.44. The van der Waals surface area contributed by atoms with Crippen LogP contribution in [-0.4, -0.2) is 22.5 Å². The maximum atomic E-state index is 13.6. The number of halogens is 1. The number of hydrogen-bond acceptors (Lipinski definition) is 7. The lowest BCUT2D eigenvalue weighted by Gasteiger charge is -2.11. The molecule has 3 aromatic heterocycles. The number of carbonyl (C=O) groups is 1. The number of fused-ring (bicyclic) bond motifs is 1. The first-order valence-corrected chi connectivity index (χ1v) is 13.7. The van der Waals surface area contributed by atoms with Gasteiger partial charge in [-0.2, -0.15) is 0 Å². The van der Waals surface area contributed by atoms with Crippen LogP contribution in [0, 0.1) is 12.7 Å². The molecule has 1 N–H and O–H groups in total. The molecule has 0 saturated heterocycles. The van der Waals surface area contributed by atoms with Crippen LogP contribution in [0.4, 0.5) is 15.2 Å². The Labute approximate surface area is 223 Å². The zero-order valence-electron chi connectivity index (χ0n) is 21.0. The maximum Gasteiger partial charge on any atom is 0.341 e. The fourth-order valence-corrected chi connectivity index (χ4v) is 6.31. The fraction of sp³-hybridized carbons (Fsp3) is 0.207. The van der Waals surface area contributed by atoms with E-state index < -0.39 is 5.97 Å². The van der Waals surface area contributed by atoms with E-state index in [1.165, 1.54) is 35.4 Å². The highest BCUT2D eigenvalue weighted by molar-refractivity contribution is 7.18. The van der Waals surface area contributed by atoms with E-state index in [-0.39, 0.29) is 12.4 Å². The number of anilines is 2. The second-order valence-electron chi connectivity index (χ2n) is 8.92. The van der Waals surface area contributed by atoms with E-state index in [4.69, 9.17) is 4.74 Å². The van der Waals surface area contributed by atoms with E-state index in [0.29, 0.717) is 22.3 Å². The molecule has 2 aromatic carbocycles. The monoisotopic (exact) mass is 531 g/mol. The summed E-state index contributed by atoms with van der Waals surface area (Å²) in [5.74, 6) is 0.301. The van der Waals surface area contributed by atoms with Crippen LogP contribution in [0.1, 0.15) is 47.5 Å². The molecule has 0 aliphatic heterocycles. The largest absolute Gasteiger partial charge is 0.462 e. The molecule has 3 heterocycles. The second-order valence-corrected chi connectivity index (χ2v) is 11.0. The molecule has 0 aliphatic rings. The van der Waals surface area contributed by atoms with Gasteiger partial charge in [0.2, 0.25) is 0 Å². The van der Waals surface area contributed by atoms with Gasteiger partial charge in [0.1, 0.15) is 33.4 Å². The highest BCUT2D eigenvalue weighted by atomic mass is 32.1. The molecule has 0 bridgehead atoms. The van der Waals surface area contributed by atoms with Crippen molar-refractivity contribution < 1.29 is 13.9 Å².